The molecule has 1 rings (SSSR count). The van der Waals surface area contributed by atoms with E-state index in [1.165, 1.54) is 18.5 Å². The lowest BCUT2D eigenvalue weighted by Gasteiger charge is -2.27. The van der Waals surface area contributed by atoms with Gasteiger partial charge < -0.3 is 9.80 Å². The van der Waals surface area contributed by atoms with Crippen molar-refractivity contribution in [1.82, 2.24) is 9.80 Å². The Kier molecular flexibility index (Phi) is 8.35. The first-order chi connectivity index (χ1) is 9.17. The van der Waals surface area contributed by atoms with Crippen molar-refractivity contribution in [2.24, 2.45) is 0 Å². The average molecular weight is 327 g/mol. The fourth-order valence-corrected chi connectivity index (χ4v) is 2.81. The van der Waals surface area contributed by atoms with Gasteiger partial charge in [0.2, 0.25) is 0 Å². The van der Waals surface area contributed by atoms with E-state index in [0.29, 0.717) is 5.92 Å². The number of rotatable bonds is 9. The minimum atomic E-state index is 0.579. The van der Waals surface area contributed by atoms with E-state index in [4.69, 9.17) is 0 Å². The van der Waals surface area contributed by atoms with Crippen LogP contribution in [0.3, 0.4) is 0 Å². The first kappa shape index (κ1) is 16.7. The average Bonchev–Trinajstić information content (AvgIpc) is 2.42. The maximum absolute atomic E-state index is 3.68. The Labute approximate surface area is 126 Å². The maximum Gasteiger partial charge on any atom is 0.0112 e. The van der Waals surface area contributed by atoms with Crippen LogP contribution in [0.25, 0.3) is 0 Å². The molecule has 0 fully saturated rings. The van der Waals surface area contributed by atoms with Crippen LogP contribution in [-0.2, 0) is 0 Å². The van der Waals surface area contributed by atoms with Crippen LogP contribution in [0, 0.1) is 0 Å². The highest BCUT2D eigenvalue weighted by atomic mass is 79.9. The standard InChI is InChI=1S/C16H27BrN2/c1-4-10-19(12-11-18(2)3)14-16(13-17)15-8-6-5-7-9-15/h5-9,16H,4,10-14H2,1-3H3. The molecule has 1 unspecified atom stereocenters. The van der Waals surface area contributed by atoms with Gasteiger partial charge in [0.25, 0.3) is 0 Å². The summed E-state index contributed by atoms with van der Waals surface area (Å²) in [4.78, 5) is 4.84. The molecule has 1 aromatic carbocycles. The second-order valence-corrected chi connectivity index (χ2v) is 6.01. The largest absolute Gasteiger partial charge is 0.308 e. The van der Waals surface area contributed by atoms with E-state index < -0.39 is 0 Å². The van der Waals surface area contributed by atoms with Crippen LogP contribution in [-0.4, -0.2) is 55.4 Å². The fourth-order valence-electron chi connectivity index (χ4n) is 2.23. The number of benzene rings is 1. The van der Waals surface area contributed by atoms with Gasteiger partial charge in [-0.2, -0.15) is 0 Å². The Morgan fingerprint density at radius 1 is 1.05 bits per heavy atom. The second-order valence-electron chi connectivity index (χ2n) is 5.37. The summed E-state index contributed by atoms with van der Waals surface area (Å²) in [5, 5.41) is 1.03. The molecule has 108 valence electrons. The first-order valence-electron chi connectivity index (χ1n) is 7.15. The molecule has 0 radical (unpaired) electrons. The zero-order valence-electron chi connectivity index (χ0n) is 12.5. The Morgan fingerprint density at radius 2 is 1.74 bits per heavy atom. The van der Waals surface area contributed by atoms with Crippen LogP contribution in [0.1, 0.15) is 24.8 Å². The third-order valence-electron chi connectivity index (χ3n) is 3.34. The lowest BCUT2D eigenvalue weighted by Crippen LogP contribution is -2.35. The number of halogens is 1. The van der Waals surface area contributed by atoms with E-state index in [1.807, 2.05) is 0 Å². The van der Waals surface area contributed by atoms with E-state index in [9.17, 15) is 0 Å². The molecule has 0 saturated heterocycles. The summed E-state index contributed by atoms with van der Waals surface area (Å²) in [6.45, 7) is 6.86. The predicted molar refractivity (Wildman–Crippen MR) is 88.3 cm³/mol. The molecular weight excluding hydrogens is 300 g/mol. The van der Waals surface area contributed by atoms with Crippen molar-refractivity contribution in [2.75, 3.05) is 45.6 Å². The lowest BCUT2D eigenvalue weighted by atomic mass is 10.0. The van der Waals surface area contributed by atoms with Crippen LogP contribution in [0.2, 0.25) is 0 Å². The third-order valence-corrected chi connectivity index (χ3v) is 4.12. The maximum atomic E-state index is 3.68. The Hall–Kier alpha value is -0.380. The molecule has 3 heteroatoms. The van der Waals surface area contributed by atoms with E-state index in [1.54, 1.807) is 0 Å². The van der Waals surface area contributed by atoms with Gasteiger partial charge in [-0.1, -0.05) is 53.2 Å². The van der Waals surface area contributed by atoms with Gasteiger partial charge in [0.15, 0.2) is 0 Å². The quantitative estimate of drug-likeness (QED) is 0.641. The Balaban J connectivity index is 2.59. The molecule has 1 aromatic rings. The highest BCUT2D eigenvalue weighted by Crippen LogP contribution is 2.19. The summed E-state index contributed by atoms with van der Waals surface area (Å²) in [6.07, 6.45) is 1.22. The van der Waals surface area contributed by atoms with Crippen molar-refractivity contribution < 1.29 is 0 Å². The molecular formula is C16H27BrN2. The Bertz CT molecular complexity index is 327. The van der Waals surface area contributed by atoms with Crippen LogP contribution in [0.15, 0.2) is 30.3 Å². The van der Waals surface area contributed by atoms with Crippen LogP contribution < -0.4 is 0 Å². The van der Waals surface area contributed by atoms with Crippen LogP contribution in [0.5, 0.6) is 0 Å². The van der Waals surface area contributed by atoms with Gasteiger partial charge >= 0.3 is 0 Å². The van der Waals surface area contributed by atoms with Crippen molar-refractivity contribution in [2.45, 2.75) is 19.3 Å². The van der Waals surface area contributed by atoms with E-state index >= 15 is 0 Å². The van der Waals surface area contributed by atoms with Crippen molar-refractivity contribution in [3.05, 3.63) is 35.9 Å². The molecule has 0 aromatic heterocycles. The van der Waals surface area contributed by atoms with Gasteiger partial charge in [-0.3, -0.25) is 0 Å². The number of likely N-dealkylation sites (N-methyl/N-ethyl adjacent to an activating group) is 1. The number of hydrogen-bond acceptors (Lipinski definition) is 2. The molecule has 0 aliphatic heterocycles. The van der Waals surface area contributed by atoms with E-state index in [2.05, 4.69) is 77.1 Å². The van der Waals surface area contributed by atoms with E-state index in [0.717, 1.165) is 25.0 Å². The predicted octanol–water partition coefficient (Wildman–Crippen LogP) is 3.44. The molecule has 0 saturated carbocycles. The smallest absolute Gasteiger partial charge is 0.0112 e. The summed E-state index contributed by atoms with van der Waals surface area (Å²) in [7, 11) is 4.28. The van der Waals surface area contributed by atoms with Crippen molar-refractivity contribution in [3.63, 3.8) is 0 Å². The molecule has 1 atom stereocenters. The van der Waals surface area contributed by atoms with E-state index in [-0.39, 0.29) is 0 Å². The lowest BCUT2D eigenvalue weighted by molar-refractivity contribution is 0.232. The zero-order chi connectivity index (χ0) is 14.1. The summed E-state index contributed by atoms with van der Waals surface area (Å²) in [5.74, 6) is 0.579. The molecule has 0 aliphatic carbocycles. The minimum Gasteiger partial charge on any atom is -0.308 e. The molecule has 0 amide bonds. The van der Waals surface area contributed by atoms with Crippen molar-refractivity contribution >= 4 is 15.9 Å². The summed E-state index contributed by atoms with van der Waals surface area (Å²) < 4.78 is 0. The van der Waals surface area contributed by atoms with Crippen LogP contribution in [0.4, 0.5) is 0 Å². The van der Waals surface area contributed by atoms with Gasteiger partial charge in [0, 0.05) is 30.9 Å². The van der Waals surface area contributed by atoms with Crippen molar-refractivity contribution in [3.8, 4) is 0 Å². The molecule has 19 heavy (non-hydrogen) atoms. The highest BCUT2D eigenvalue weighted by molar-refractivity contribution is 9.09. The molecule has 0 aliphatic rings. The normalized spacial score (nSPS) is 13.2. The van der Waals surface area contributed by atoms with Gasteiger partial charge in [0.05, 0.1) is 0 Å². The molecule has 0 spiro atoms. The molecule has 0 N–H and O–H groups in total. The highest BCUT2D eigenvalue weighted by Gasteiger charge is 2.14. The topological polar surface area (TPSA) is 6.48 Å². The number of hydrogen-bond donors (Lipinski definition) is 0. The zero-order valence-corrected chi connectivity index (χ0v) is 14.1. The fraction of sp³-hybridized carbons (Fsp3) is 0.625. The number of nitrogens with zero attached hydrogens (tertiary/aromatic N) is 2. The minimum absolute atomic E-state index is 0.579. The third kappa shape index (κ3) is 6.55. The second kappa shape index (κ2) is 9.51. The molecule has 0 heterocycles. The summed E-state index contributed by atoms with van der Waals surface area (Å²) >= 11 is 3.68. The first-order valence-corrected chi connectivity index (χ1v) is 8.27. The van der Waals surface area contributed by atoms with Crippen LogP contribution >= 0.6 is 15.9 Å². The number of alkyl halides is 1. The summed E-state index contributed by atoms with van der Waals surface area (Å²) in [6, 6.07) is 10.8. The molecule has 2 nitrogen and oxygen atoms in total. The van der Waals surface area contributed by atoms with Gasteiger partial charge in [-0.25, -0.2) is 0 Å². The van der Waals surface area contributed by atoms with Gasteiger partial charge in [-0.15, -0.1) is 0 Å². The Morgan fingerprint density at radius 3 is 2.26 bits per heavy atom. The SMILES string of the molecule is CCCN(CCN(C)C)CC(CBr)c1ccccc1. The summed E-state index contributed by atoms with van der Waals surface area (Å²) in [5.41, 5.74) is 1.44. The monoisotopic (exact) mass is 326 g/mol. The van der Waals surface area contributed by atoms with Crippen molar-refractivity contribution in [1.29, 1.82) is 0 Å². The molecule has 0 bridgehead atoms. The van der Waals surface area contributed by atoms with Gasteiger partial charge in [-0.05, 0) is 32.6 Å². The van der Waals surface area contributed by atoms with Gasteiger partial charge in [0.1, 0.15) is 0 Å².